The van der Waals surface area contributed by atoms with Gasteiger partial charge in [0.15, 0.2) is 18.2 Å². The van der Waals surface area contributed by atoms with E-state index in [2.05, 4.69) is 14.8 Å². The second-order valence-electron chi connectivity index (χ2n) is 6.05. The Morgan fingerprint density at radius 2 is 1.67 bits per heavy atom. The zero-order chi connectivity index (χ0) is 22.4. The van der Waals surface area contributed by atoms with Crippen molar-refractivity contribution >= 4 is 15.9 Å². The smallest absolute Gasteiger partial charge is 0.422 e. The first kappa shape index (κ1) is 23.5. The van der Waals surface area contributed by atoms with Crippen LogP contribution in [-0.2, 0) is 21.4 Å². The number of hydrogen-bond donors (Lipinski definition) is 2. The van der Waals surface area contributed by atoms with E-state index < -0.39 is 45.2 Å². The minimum Gasteiger partial charge on any atom is -0.484 e. The Balaban J connectivity index is 1.76. The van der Waals surface area contributed by atoms with Gasteiger partial charge in [-0.1, -0.05) is 12.1 Å². The average Bonchev–Trinajstić information content (AvgIpc) is 2.67. The Morgan fingerprint density at radius 3 is 2.27 bits per heavy atom. The van der Waals surface area contributed by atoms with E-state index in [-0.39, 0.29) is 25.3 Å². The van der Waals surface area contributed by atoms with E-state index in [1.807, 2.05) is 0 Å². The summed E-state index contributed by atoms with van der Waals surface area (Å²) in [5.74, 6) is -2.98. The number of carbonyl (C=O) groups is 1. The van der Waals surface area contributed by atoms with Gasteiger partial charge in [-0.05, 0) is 35.9 Å². The van der Waals surface area contributed by atoms with Crippen LogP contribution in [0.1, 0.15) is 12.0 Å². The lowest BCUT2D eigenvalue weighted by Crippen LogP contribution is -2.30. The molecular formula is C18H17F5N2O4S. The molecule has 0 unspecified atom stereocenters. The Morgan fingerprint density at radius 1 is 1.00 bits per heavy atom. The van der Waals surface area contributed by atoms with E-state index in [1.54, 1.807) is 0 Å². The topological polar surface area (TPSA) is 84.5 Å². The lowest BCUT2D eigenvalue weighted by molar-refractivity contribution is -0.153. The van der Waals surface area contributed by atoms with E-state index in [9.17, 15) is 35.2 Å². The van der Waals surface area contributed by atoms with Gasteiger partial charge in [0, 0.05) is 19.5 Å². The summed E-state index contributed by atoms with van der Waals surface area (Å²) in [5.41, 5.74) is 0.588. The van der Waals surface area contributed by atoms with Gasteiger partial charge in [0.25, 0.3) is 0 Å². The molecular weight excluding hydrogens is 435 g/mol. The maximum Gasteiger partial charge on any atom is 0.422 e. The molecule has 6 nitrogen and oxygen atoms in total. The summed E-state index contributed by atoms with van der Waals surface area (Å²) < 4.78 is 92.9. The minimum atomic E-state index is -4.45. The number of alkyl halides is 3. The van der Waals surface area contributed by atoms with Crippen molar-refractivity contribution in [1.82, 2.24) is 10.0 Å². The van der Waals surface area contributed by atoms with Gasteiger partial charge >= 0.3 is 6.18 Å². The number of nitrogens with one attached hydrogen (secondary N) is 2. The van der Waals surface area contributed by atoms with E-state index in [1.165, 1.54) is 24.3 Å². The molecule has 0 atom stereocenters. The summed E-state index contributed by atoms with van der Waals surface area (Å²) in [5, 5.41) is 2.51. The van der Waals surface area contributed by atoms with Crippen LogP contribution in [0, 0.1) is 11.6 Å². The molecule has 0 saturated heterocycles. The second kappa shape index (κ2) is 9.85. The van der Waals surface area contributed by atoms with Crippen molar-refractivity contribution in [2.45, 2.75) is 24.0 Å². The van der Waals surface area contributed by atoms with Gasteiger partial charge in [-0.2, -0.15) is 13.2 Å². The van der Waals surface area contributed by atoms with Crippen LogP contribution >= 0.6 is 0 Å². The first-order valence-electron chi connectivity index (χ1n) is 8.46. The van der Waals surface area contributed by atoms with Crippen molar-refractivity contribution in [3.8, 4) is 5.75 Å². The number of carbonyl (C=O) groups excluding carboxylic acids is 1. The van der Waals surface area contributed by atoms with Crippen molar-refractivity contribution < 1.29 is 39.9 Å². The summed E-state index contributed by atoms with van der Waals surface area (Å²) in [6.45, 7) is -1.63. The first-order chi connectivity index (χ1) is 14.0. The normalized spacial score (nSPS) is 11.9. The van der Waals surface area contributed by atoms with Crippen LogP contribution in [-0.4, -0.2) is 33.7 Å². The zero-order valence-corrected chi connectivity index (χ0v) is 16.1. The van der Waals surface area contributed by atoms with E-state index in [0.29, 0.717) is 17.7 Å². The molecule has 0 spiro atoms. The molecule has 0 radical (unpaired) electrons. The maximum atomic E-state index is 13.2. The van der Waals surface area contributed by atoms with Gasteiger partial charge < -0.3 is 10.1 Å². The molecule has 2 aromatic rings. The fourth-order valence-corrected chi connectivity index (χ4v) is 3.23. The Hall–Kier alpha value is -2.73. The quantitative estimate of drug-likeness (QED) is 0.573. The third-order valence-corrected chi connectivity index (χ3v) is 5.12. The van der Waals surface area contributed by atoms with Gasteiger partial charge in [0.05, 0.1) is 4.90 Å². The first-order valence-corrected chi connectivity index (χ1v) is 9.94. The van der Waals surface area contributed by atoms with Crippen molar-refractivity contribution in [3.05, 3.63) is 59.7 Å². The summed E-state index contributed by atoms with van der Waals surface area (Å²) in [6.07, 6.45) is -4.67. The molecule has 0 aliphatic heterocycles. The molecule has 0 heterocycles. The van der Waals surface area contributed by atoms with Gasteiger partial charge in [-0.25, -0.2) is 21.9 Å². The summed E-state index contributed by atoms with van der Waals surface area (Å²) in [4.78, 5) is 11.3. The highest BCUT2D eigenvalue weighted by molar-refractivity contribution is 7.89. The third-order valence-electron chi connectivity index (χ3n) is 3.66. The number of rotatable bonds is 9. The zero-order valence-electron chi connectivity index (χ0n) is 15.3. The lowest BCUT2D eigenvalue weighted by Gasteiger charge is -2.10. The molecule has 2 rings (SSSR count). The number of sulfonamides is 1. The van der Waals surface area contributed by atoms with Gasteiger partial charge in [-0.3, -0.25) is 4.79 Å². The molecule has 12 heteroatoms. The third kappa shape index (κ3) is 7.59. The van der Waals surface area contributed by atoms with Crippen LogP contribution in [0.25, 0.3) is 0 Å². The van der Waals surface area contributed by atoms with Crippen LogP contribution in [0.3, 0.4) is 0 Å². The molecule has 2 N–H and O–H groups in total. The van der Waals surface area contributed by atoms with Crippen molar-refractivity contribution in [2.75, 3.05) is 13.2 Å². The lowest BCUT2D eigenvalue weighted by atomic mass is 10.2. The molecule has 164 valence electrons. The molecule has 0 aliphatic carbocycles. The molecule has 0 aromatic heterocycles. The van der Waals surface area contributed by atoms with Gasteiger partial charge in [0.1, 0.15) is 5.75 Å². The SMILES string of the molecule is O=C(CCNS(=O)(=O)c1ccc(F)c(F)c1)NCc1ccc(OCC(F)(F)F)cc1. The molecule has 1 amide bonds. The fourth-order valence-electron chi connectivity index (χ4n) is 2.18. The molecule has 0 bridgehead atoms. The van der Waals surface area contributed by atoms with E-state index in [0.717, 1.165) is 6.07 Å². The Labute approximate surface area is 169 Å². The standard InChI is InChI=1S/C18H17F5N2O4S/c19-15-6-5-14(9-16(15)20)30(27,28)25-8-7-17(26)24-10-12-1-3-13(4-2-12)29-11-18(21,22)23/h1-6,9,25H,7-8,10-11H2,(H,24,26). The monoisotopic (exact) mass is 452 g/mol. The molecule has 0 fully saturated rings. The molecule has 0 aliphatic rings. The molecule has 2 aromatic carbocycles. The van der Waals surface area contributed by atoms with E-state index >= 15 is 0 Å². The van der Waals surface area contributed by atoms with Crippen LogP contribution in [0.15, 0.2) is 47.4 Å². The second-order valence-corrected chi connectivity index (χ2v) is 7.82. The fraction of sp³-hybridized carbons (Fsp3) is 0.278. The number of halogens is 5. The van der Waals surface area contributed by atoms with Gasteiger partial charge in [0.2, 0.25) is 15.9 Å². The number of benzene rings is 2. The summed E-state index contributed by atoms with van der Waals surface area (Å²) in [6, 6.07) is 7.68. The van der Waals surface area contributed by atoms with Crippen molar-refractivity contribution in [3.63, 3.8) is 0 Å². The number of amides is 1. The van der Waals surface area contributed by atoms with Crippen LogP contribution in [0.4, 0.5) is 22.0 Å². The largest absolute Gasteiger partial charge is 0.484 e. The van der Waals surface area contributed by atoms with E-state index in [4.69, 9.17) is 0 Å². The summed E-state index contributed by atoms with van der Waals surface area (Å²) in [7, 11) is -4.11. The maximum absolute atomic E-state index is 13.2. The van der Waals surface area contributed by atoms with Gasteiger partial charge in [-0.15, -0.1) is 0 Å². The summed E-state index contributed by atoms with van der Waals surface area (Å²) >= 11 is 0. The highest BCUT2D eigenvalue weighted by atomic mass is 32.2. The van der Waals surface area contributed by atoms with Crippen molar-refractivity contribution in [1.29, 1.82) is 0 Å². The van der Waals surface area contributed by atoms with Crippen molar-refractivity contribution in [2.24, 2.45) is 0 Å². The van der Waals surface area contributed by atoms with Crippen LogP contribution in [0.2, 0.25) is 0 Å². The number of ether oxygens (including phenoxy) is 1. The number of hydrogen-bond acceptors (Lipinski definition) is 4. The Bertz CT molecular complexity index is 979. The predicted molar refractivity (Wildman–Crippen MR) is 96.0 cm³/mol. The molecule has 30 heavy (non-hydrogen) atoms. The minimum absolute atomic E-state index is 0.0223. The molecule has 0 saturated carbocycles. The Kier molecular flexibility index (Phi) is 7.73. The predicted octanol–water partition coefficient (Wildman–Crippen LogP) is 2.89. The van der Waals surface area contributed by atoms with Crippen LogP contribution in [0.5, 0.6) is 5.75 Å². The highest BCUT2D eigenvalue weighted by Gasteiger charge is 2.28. The highest BCUT2D eigenvalue weighted by Crippen LogP contribution is 2.19. The van der Waals surface area contributed by atoms with Crippen LogP contribution < -0.4 is 14.8 Å². The average molecular weight is 452 g/mol.